The molecule has 17 heavy (non-hydrogen) atoms. The molecule has 0 heterocycles. The first-order chi connectivity index (χ1) is 8.20. The smallest absolute Gasteiger partial charge is 0.121 e. The Balaban J connectivity index is 2.11. The van der Waals surface area contributed by atoms with Crippen LogP contribution in [0.25, 0.3) is 0 Å². The van der Waals surface area contributed by atoms with Gasteiger partial charge in [-0.15, -0.1) is 0 Å². The van der Waals surface area contributed by atoms with Crippen LogP contribution in [-0.2, 0) is 0 Å². The van der Waals surface area contributed by atoms with Crippen molar-refractivity contribution in [2.75, 3.05) is 0 Å². The SMILES string of the molecule is N#CC(NC1CCCC1)c1ccc(Cl)c(Cl)c1. The van der Waals surface area contributed by atoms with E-state index in [1.807, 2.05) is 6.07 Å². The highest BCUT2D eigenvalue weighted by molar-refractivity contribution is 6.42. The molecule has 1 aromatic carbocycles. The van der Waals surface area contributed by atoms with Crippen molar-refractivity contribution in [2.45, 2.75) is 37.8 Å². The van der Waals surface area contributed by atoms with Gasteiger partial charge < -0.3 is 0 Å². The van der Waals surface area contributed by atoms with Crippen LogP contribution in [0.2, 0.25) is 10.0 Å². The minimum absolute atomic E-state index is 0.298. The Morgan fingerprint density at radius 3 is 2.53 bits per heavy atom. The molecule has 2 rings (SSSR count). The largest absolute Gasteiger partial charge is 0.295 e. The Hall–Kier alpha value is -0.750. The molecule has 4 heteroatoms. The molecule has 1 aromatic rings. The Morgan fingerprint density at radius 1 is 1.24 bits per heavy atom. The fourth-order valence-corrected chi connectivity index (χ4v) is 2.53. The summed E-state index contributed by atoms with van der Waals surface area (Å²) < 4.78 is 0. The maximum Gasteiger partial charge on any atom is 0.121 e. The molecule has 1 N–H and O–H groups in total. The van der Waals surface area contributed by atoms with E-state index in [9.17, 15) is 5.26 Å². The molecule has 0 aliphatic heterocycles. The molecule has 2 nitrogen and oxygen atoms in total. The maximum absolute atomic E-state index is 9.21. The van der Waals surface area contributed by atoms with E-state index in [4.69, 9.17) is 23.2 Å². The van der Waals surface area contributed by atoms with Crippen molar-refractivity contribution in [3.8, 4) is 6.07 Å². The minimum atomic E-state index is -0.298. The number of nitrogens with zero attached hydrogens (tertiary/aromatic N) is 1. The van der Waals surface area contributed by atoms with Crippen LogP contribution in [0.15, 0.2) is 18.2 Å². The van der Waals surface area contributed by atoms with Crippen LogP contribution in [0.5, 0.6) is 0 Å². The molecule has 90 valence electrons. The van der Waals surface area contributed by atoms with Gasteiger partial charge in [0.05, 0.1) is 16.1 Å². The Morgan fingerprint density at radius 2 is 1.94 bits per heavy atom. The van der Waals surface area contributed by atoms with Crippen LogP contribution < -0.4 is 5.32 Å². The molecule has 1 aliphatic rings. The number of nitriles is 1. The molecule has 0 spiro atoms. The second-order valence-corrected chi connectivity index (χ2v) is 5.20. The van der Waals surface area contributed by atoms with E-state index in [1.54, 1.807) is 12.1 Å². The molecular weight excluding hydrogens is 255 g/mol. The third kappa shape index (κ3) is 3.13. The van der Waals surface area contributed by atoms with Gasteiger partial charge in [0.1, 0.15) is 6.04 Å². The average molecular weight is 269 g/mol. The quantitative estimate of drug-likeness (QED) is 0.897. The zero-order chi connectivity index (χ0) is 12.3. The second kappa shape index (κ2) is 5.73. The van der Waals surface area contributed by atoms with Crippen molar-refractivity contribution in [3.05, 3.63) is 33.8 Å². The summed E-state index contributed by atoms with van der Waals surface area (Å²) in [6, 6.07) is 7.78. The van der Waals surface area contributed by atoms with Gasteiger partial charge in [-0.1, -0.05) is 42.1 Å². The Kier molecular flexibility index (Phi) is 4.28. The van der Waals surface area contributed by atoms with Gasteiger partial charge in [0.25, 0.3) is 0 Å². The van der Waals surface area contributed by atoms with Crippen molar-refractivity contribution in [1.82, 2.24) is 5.32 Å². The number of benzene rings is 1. The molecule has 1 fully saturated rings. The molecule has 0 bridgehead atoms. The summed E-state index contributed by atoms with van der Waals surface area (Å²) in [5, 5.41) is 13.6. The Bertz CT molecular complexity index is 434. The second-order valence-electron chi connectivity index (χ2n) is 4.38. The van der Waals surface area contributed by atoms with Gasteiger partial charge >= 0.3 is 0 Å². The van der Waals surface area contributed by atoms with E-state index in [-0.39, 0.29) is 6.04 Å². The fraction of sp³-hybridized carbons (Fsp3) is 0.462. The van der Waals surface area contributed by atoms with E-state index in [2.05, 4.69) is 11.4 Å². The predicted molar refractivity (Wildman–Crippen MR) is 70.2 cm³/mol. The highest BCUT2D eigenvalue weighted by Gasteiger charge is 2.20. The van der Waals surface area contributed by atoms with Crippen LogP contribution in [0, 0.1) is 11.3 Å². The van der Waals surface area contributed by atoms with Crippen molar-refractivity contribution in [3.63, 3.8) is 0 Å². The maximum atomic E-state index is 9.21. The van der Waals surface area contributed by atoms with Crippen LogP contribution in [0.4, 0.5) is 0 Å². The van der Waals surface area contributed by atoms with E-state index < -0.39 is 0 Å². The van der Waals surface area contributed by atoms with E-state index >= 15 is 0 Å². The number of nitrogens with one attached hydrogen (secondary N) is 1. The first-order valence-electron chi connectivity index (χ1n) is 5.81. The van der Waals surface area contributed by atoms with Crippen LogP contribution >= 0.6 is 23.2 Å². The molecule has 1 saturated carbocycles. The molecule has 0 amide bonds. The molecule has 0 radical (unpaired) electrons. The van der Waals surface area contributed by atoms with Gasteiger partial charge in [-0.2, -0.15) is 5.26 Å². The molecular formula is C13H14Cl2N2. The lowest BCUT2D eigenvalue weighted by molar-refractivity contribution is 0.492. The molecule has 0 aromatic heterocycles. The third-order valence-corrected chi connectivity index (χ3v) is 3.90. The van der Waals surface area contributed by atoms with Crippen LogP contribution in [0.3, 0.4) is 0 Å². The minimum Gasteiger partial charge on any atom is -0.295 e. The lowest BCUT2D eigenvalue weighted by Crippen LogP contribution is -2.29. The number of hydrogen-bond donors (Lipinski definition) is 1. The molecule has 1 unspecified atom stereocenters. The first-order valence-corrected chi connectivity index (χ1v) is 6.57. The van der Waals surface area contributed by atoms with Crippen LogP contribution in [0.1, 0.15) is 37.3 Å². The van der Waals surface area contributed by atoms with Gasteiger partial charge in [-0.25, -0.2) is 0 Å². The van der Waals surface area contributed by atoms with Gasteiger partial charge in [0, 0.05) is 6.04 Å². The topological polar surface area (TPSA) is 35.8 Å². The average Bonchev–Trinajstić information content (AvgIpc) is 2.82. The van der Waals surface area contributed by atoms with Crippen LogP contribution in [-0.4, -0.2) is 6.04 Å². The summed E-state index contributed by atoms with van der Waals surface area (Å²) in [4.78, 5) is 0. The molecule has 0 saturated heterocycles. The fourth-order valence-electron chi connectivity index (χ4n) is 2.23. The molecule has 1 aliphatic carbocycles. The lowest BCUT2D eigenvalue weighted by Gasteiger charge is -2.17. The number of halogens is 2. The van der Waals surface area contributed by atoms with Gasteiger partial charge in [0.2, 0.25) is 0 Å². The van der Waals surface area contributed by atoms with E-state index in [0.717, 1.165) is 18.4 Å². The summed E-state index contributed by atoms with van der Waals surface area (Å²) in [6.07, 6.45) is 4.80. The summed E-state index contributed by atoms with van der Waals surface area (Å²) >= 11 is 11.8. The highest BCUT2D eigenvalue weighted by atomic mass is 35.5. The van der Waals surface area contributed by atoms with Gasteiger partial charge in [-0.3, -0.25) is 5.32 Å². The normalized spacial score (nSPS) is 17.9. The zero-order valence-corrected chi connectivity index (χ0v) is 10.9. The van der Waals surface area contributed by atoms with E-state index in [1.165, 1.54) is 12.8 Å². The van der Waals surface area contributed by atoms with Gasteiger partial charge in [0.15, 0.2) is 0 Å². The van der Waals surface area contributed by atoms with Gasteiger partial charge in [-0.05, 0) is 30.5 Å². The first kappa shape index (κ1) is 12.7. The third-order valence-electron chi connectivity index (χ3n) is 3.16. The monoisotopic (exact) mass is 268 g/mol. The molecule has 1 atom stereocenters. The van der Waals surface area contributed by atoms with Crippen molar-refractivity contribution < 1.29 is 0 Å². The lowest BCUT2D eigenvalue weighted by atomic mass is 10.1. The number of hydrogen-bond acceptors (Lipinski definition) is 2. The highest BCUT2D eigenvalue weighted by Crippen LogP contribution is 2.27. The standard InChI is InChI=1S/C13H14Cl2N2/c14-11-6-5-9(7-12(11)15)13(8-16)17-10-3-1-2-4-10/h5-7,10,13,17H,1-4H2. The summed E-state index contributed by atoms with van der Waals surface area (Å²) in [5.74, 6) is 0. The zero-order valence-electron chi connectivity index (χ0n) is 9.42. The number of rotatable bonds is 3. The van der Waals surface area contributed by atoms with E-state index in [0.29, 0.717) is 16.1 Å². The van der Waals surface area contributed by atoms with Crippen molar-refractivity contribution >= 4 is 23.2 Å². The summed E-state index contributed by atoms with van der Waals surface area (Å²) in [5.41, 5.74) is 0.883. The van der Waals surface area contributed by atoms with Crippen molar-refractivity contribution in [2.24, 2.45) is 0 Å². The van der Waals surface area contributed by atoms with Crippen molar-refractivity contribution in [1.29, 1.82) is 5.26 Å². The predicted octanol–water partition coefficient (Wildman–Crippen LogP) is 4.09. The Labute approximate surface area is 112 Å². The summed E-state index contributed by atoms with van der Waals surface area (Å²) in [7, 11) is 0. The summed E-state index contributed by atoms with van der Waals surface area (Å²) in [6.45, 7) is 0.